The fourth-order valence-electron chi connectivity index (χ4n) is 0.961. The zero-order chi connectivity index (χ0) is 14.2. The van der Waals surface area contributed by atoms with Gasteiger partial charge in [0.2, 0.25) is 0 Å². The predicted octanol–water partition coefficient (Wildman–Crippen LogP) is -2.69. The third kappa shape index (κ3) is 1.60. The molecule has 0 saturated heterocycles. The average molecular weight is 264 g/mol. The summed E-state index contributed by atoms with van der Waals surface area (Å²) in [5, 5.41) is 64.0. The Labute approximate surface area is 93.9 Å². The Morgan fingerprint density at radius 2 is 0.778 bits per heavy atom. The molecule has 0 N–H and O–H groups in total. The highest BCUT2D eigenvalue weighted by Gasteiger charge is 2.58. The minimum atomic E-state index is -2.08. The molecule has 0 amide bonds. The quantitative estimate of drug-likeness (QED) is 0.240. The van der Waals surface area contributed by atoms with Gasteiger partial charge in [0.1, 0.15) is 0 Å². The van der Waals surface area contributed by atoms with E-state index in [-0.39, 0.29) is 0 Å². The lowest BCUT2D eigenvalue weighted by molar-refractivity contribution is -0.930. The van der Waals surface area contributed by atoms with E-state index >= 15 is 0 Å². The summed E-state index contributed by atoms with van der Waals surface area (Å²) in [6.07, 6.45) is 0. The summed E-state index contributed by atoms with van der Waals surface area (Å²) in [5.41, 5.74) is 0. The van der Waals surface area contributed by atoms with Crippen LogP contribution in [0.4, 0.5) is 17.8 Å². The van der Waals surface area contributed by atoms with Crippen LogP contribution < -0.4 is 14.2 Å². The molecule has 18 heavy (non-hydrogen) atoms. The molecular weight excluding hydrogens is 264 g/mol. The summed E-state index contributed by atoms with van der Waals surface area (Å²) in [6, 6.07) is 0. The van der Waals surface area contributed by atoms with Crippen molar-refractivity contribution in [3.8, 4) is 0 Å². The number of nitrogens with zero attached hydrogens (tertiary/aromatic N) is 6. The number of rotatable bonds is 3. The van der Waals surface area contributed by atoms with E-state index in [1.54, 1.807) is 0 Å². The second kappa shape index (κ2) is 3.88. The molecule has 1 heterocycles. The van der Waals surface area contributed by atoms with Crippen molar-refractivity contribution < 1.29 is 29.0 Å². The molecule has 0 saturated carbocycles. The molecule has 15 heteroatoms. The number of nitro groups is 3. The Morgan fingerprint density at radius 3 is 0.889 bits per heavy atom. The third-order valence-electron chi connectivity index (χ3n) is 1.58. The minimum absolute atomic E-state index is 1.22. The van der Waals surface area contributed by atoms with Gasteiger partial charge in [-0.05, 0) is 0 Å². The summed E-state index contributed by atoms with van der Waals surface area (Å²) in [4.78, 5) is 25.8. The van der Waals surface area contributed by atoms with Crippen LogP contribution in [0.3, 0.4) is 0 Å². The molecule has 1 aromatic rings. The first-order valence-corrected chi connectivity index (χ1v) is 3.66. The zero-order valence-electron chi connectivity index (χ0n) is 7.86. The monoisotopic (exact) mass is 264 g/mol. The van der Waals surface area contributed by atoms with Gasteiger partial charge in [-0.3, -0.25) is 0 Å². The van der Waals surface area contributed by atoms with E-state index in [0.29, 0.717) is 0 Å². The van der Waals surface area contributed by atoms with Crippen LogP contribution in [-0.4, -0.2) is 14.8 Å². The van der Waals surface area contributed by atoms with Gasteiger partial charge in [-0.2, -0.15) is 0 Å². The molecule has 1 aromatic heterocycles. The van der Waals surface area contributed by atoms with Crippen molar-refractivity contribution in [2.75, 3.05) is 0 Å². The lowest BCUT2D eigenvalue weighted by Crippen LogP contribution is -2.59. The van der Waals surface area contributed by atoms with Crippen LogP contribution in [0.15, 0.2) is 0 Å². The van der Waals surface area contributed by atoms with Gasteiger partial charge in [-0.15, -0.1) is 0 Å². The number of hydrogen-bond acceptors (Lipinski definition) is 9. The Hall–Kier alpha value is -3.39. The van der Waals surface area contributed by atoms with Gasteiger partial charge in [0.05, 0.1) is 14.2 Å². The summed E-state index contributed by atoms with van der Waals surface area (Å²) in [5.74, 6) is -6.25. The maximum atomic E-state index is 11.0. The molecule has 0 spiro atoms. The van der Waals surface area contributed by atoms with E-state index in [0.717, 1.165) is 0 Å². The van der Waals surface area contributed by atoms with Crippen molar-refractivity contribution in [2.45, 2.75) is 0 Å². The predicted molar refractivity (Wildman–Crippen MR) is 43.3 cm³/mol. The van der Waals surface area contributed by atoms with E-state index < -0.39 is 46.8 Å². The minimum Gasteiger partial charge on any atom is -0.599 e. The standard InChI is InChI=1S/C3N6O9/c10-4-1(7(13)14)5(11)3(9(17)18)6(12)2(4)8(15)16. The Morgan fingerprint density at radius 1 is 0.611 bits per heavy atom. The summed E-state index contributed by atoms with van der Waals surface area (Å²) in [7, 11) is 0. The molecule has 1 rings (SSSR count). The molecule has 0 radical (unpaired) electrons. The molecule has 0 aliphatic heterocycles. The molecule has 0 aliphatic carbocycles. The smallest absolute Gasteiger partial charge is 0.599 e. The summed E-state index contributed by atoms with van der Waals surface area (Å²) in [6.45, 7) is 0. The lowest BCUT2D eigenvalue weighted by atomic mass is 10.8. The number of aromatic nitrogens is 3. The highest BCUT2D eigenvalue weighted by molar-refractivity contribution is 4.96. The van der Waals surface area contributed by atoms with Crippen molar-refractivity contribution in [3.05, 3.63) is 46.0 Å². The fraction of sp³-hybridized carbons (Fsp3) is 0. The lowest BCUT2D eigenvalue weighted by Gasteiger charge is -1.97. The van der Waals surface area contributed by atoms with Gasteiger partial charge < -0.3 is 15.6 Å². The van der Waals surface area contributed by atoms with Gasteiger partial charge in [0, 0.05) is 0 Å². The van der Waals surface area contributed by atoms with Crippen LogP contribution in [0.5, 0.6) is 0 Å². The first kappa shape index (κ1) is 12.7. The Kier molecular flexibility index (Phi) is 2.73. The van der Waals surface area contributed by atoms with Gasteiger partial charge in [0.25, 0.3) is 0 Å². The first-order valence-electron chi connectivity index (χ1n) is 3.66. The molecule has 0 atom stereocenters. The maximum absolute atomic E-state index is 11.0. The molecule has 0 aromatic carbocycles. The van der Waals surface area contributed by atoms with Crippen molar-refractivity contribution in [1.29, 1.82) is 0 Å². The normalized spacial score (nSPS) is 10.0. The fourth-order valence-corrected chi connectivity index (χ4v) is 0.961. The Bertz CT molecular complexity index is 478. The van der Waals surface area contributed by atoms with Crippen LogP contribution in [0, 0.1) is 46.0 Å². The van der Waals surface area contributed by atoms with Crippen LogP contribution >= 0.6 is 0 Å². The van der Waals surface area contributed by atoms with Gasteiger partial charge in [0.15, 0.2) is 14.8 Å². The van der Waals surface area contributed by atoms with E-state index in [9.17, 15) is 46.0 Å². The molecule has 0 aliphatic rings. The van der Waals surface area contributed by atoms with Crippen LogP contribution in [0.25, 0.3) is 0 Å². The highest BCUT2D eigenvalue weighted by atomic mass is 16.7. The molecular formula is C3N6O9. The van der Waals surface area contributed by atoms with E-state index in [4.69, 9.17) is 0 Å². The number of hydrogen-bond donors (Lipinski definition) is 0. The van der Waals surface area contributed by atoms with E-state index in [1.165, 1.54) is 0 Å². The summed E-state index contributed by atoms with van der Waals surface area (Å²) < 4.78 is -3.65. The largest absolute Gasteiger partial charge is 0.798 e. The molecule has 0 bridgehead atoms. The second-order valence-electron chi connectivity index (χ2n) is 2.55. The van der Waals surface area contributed by atoms with Gasteiger partial charge in [-0.1, -0.05) is 0 Å². The van der Waals surface area contributed by atoms with Crippen LogP contribution in [-0.2, 0) is 0 Å². The van der Waals surface area contributed by atoms with Gasteiger partial charge in [-0.25, -0.2) is 30.3 Å². The molecule has 15 nitrogen and oxygen atoms in total. The van der Waals surface area contributed by atoms with E-state index in [1.807, 2.05) is 0 Å². The zero-order valence-corrected chi connectivity index (χ0v) is 7.86. The summed E-state index contributed by atoms with van der Waals surface area (Å²) >= 11 is 0. The van der Waals surface area contributed by atoms with Gasteiger partial charge >= 0.3 is 17.8 Å². The van der Waals surface area contributed by atoms with Crippen LogP contribution in [0.2, 0.25) is 0 Å². The molecule has 0 unspecified atom stereocenters. The van der Waals surface area contributed by atoms with Crippen molar-refractivity contribution in [1.82, 2.24) is 0 Å². The van der Waals surface area contributed by atoms with E-state index in [2.05, 4.69) is 0 Å². The SMILES string of the molecule is O=[N+]([O-])c1[n+]([O-])c([N+](=O)[O-])[n+]([O-])c([N+](=O)[O-])[n+]1[O-]. The highest BCUT2D eigenvalue weighted by Crippen LogP contribution is 2.07. The van der Waals surface area contributed by atoms with Crippen molar-refractivity contribution in [2.24, 2.45) is 0 Å². The van der Waals surface area contributed by atoms with Crippen LogP contribution in [0.1, 0.15) is 0 Å². The molecule has 0 fully saturated rings. The Balaban J connectivity index is 3.94. The third-order valence-corrected chi connectivity index (χ3v) is 1.58. The second-order valence-corrected chi connectivity index (χ2v) is 2.55. The first-order chi connectivity index (χ1) is 8.20. The molecule has 96 valence electrons. The maximum Gasteiger partial charge on any atom is 0.798 e. The van der Waals surface area contributed by atoms with Crippen molar-refractivity contribution >= 4 is 17.8 Å². The average Bonchev–Trinajstić information content (AvgIpc) is 2.14. The van der Waals surface area contributed by atoms with Crippen molar-refractivity contribution in [3.63, 3.8) is 0 Å². The topological polar surface area (TPSA) is 210 Å².